The van der Waals surface area contributed by atoms with Crippen LogP contribution in [-0.4, -0.2) is 31.5 Å². The lowest BCUT2D eigenvalue weighted by Crippen LogP contribution is -2.22. The third-order valence-corrected chi connectivity index (χ3v) is 4.35. The molecule has 2 N–H and O–H groups in total. The lowest BCUT2D eigenvalue weighted by Gasteiger charge is -2.17. The highest BCUT2D eigenvalue weighted by molar-refractivity contribution is 5.95. The Labute approximate surface area is 139 Å². The molecule has 1 aromatic rings. The first-order valence-corrected chi connectivity index (χ1v) is 8.05. The number of azo groups is 1. The van der Waals surface area contributed by atoms with E-state index >= 15 is 0 Å². The fourth-order valence-corrected chi connectivity index (χ4v) is 3.23. The molecule has 8 nitrogen and oxygen atoms in total. The molecule has 4 rings (SSSR count). The molecule has 8 heteroatoms. The minimum Gasteiger partial charge on any atom is -0.344 e. The van der Waals surface area contributed by atoms with Gasteiger partial charge in [-0.2, -0.15) is 10.2 Å². The summed E-state index contributed by atoms with van der Waals surface area (Å²) in [6.07, 6.45) is 6.61. The number of carbonyl (C=O) groups excluding carboxylic acids is 1. The molecule has 0 saturated heterocycles. The Morgan fingerprint density at radius 2 is 2.25 bits per heavy atom. The van der Waals surface area contributed by atoms with Crippen molar-refractivity contribution in [3.8, 4) is 0 Å². The minimum absolute atomic E-state index is 0.368. The molecule has 2 aliphatic carbocycles. The van der Waals surface area contributed by atoms with E-state index in [1.807, 2.05) is 20.8 Å². The van der Waals surface area contributed by atoms with Gasteiger partial charge < -0.3 is 5.32 Å². The molecular formula is C16H20N6O2. The maximum Gasteiger partial charge on any atom is 0.315 e. The summed E-state index contributed by atoms with van der Waals surface area (Å²) in [6.45, 7) is 5.67. The summed E-state index contributed by atoms with van der Waals surface area (Å²) in [4.78, 5) is 12.5. The van der Waals surface area contributed by atoms with Gasteiger partial charge in [0.05, 0.1) is 17.4 Å². The van der Waals surface area contributed by atoms with Crippen molar-refractivity contribution in [3.05, 3.63) is 35.6 Å². The van der Waals surface area contributed by atoms with Crippen LogP contribution in [0.4, 0.5) is 0 Å². The molecule has 0 spiro atoms. The Bertz CT molecular complexity index is 798. The number of fused-ring (bicyclic) bond motifs is 3. The van der Waals surface area contributed by atoms with Gasteiger partial charge in [0.25, 0.3) is 0 Å². The molecule has 2 atom stereocenters. The van der Waals surface area contributed by atoms with Gasteiger partial charge in [-0.05, 0) is 39.5 Å². The van der Waals surface area contributed by atoms with Crippen LogP contribution in [0.15, 0.2) is 28.8 Å². The Morgan fingerprint density at radius 3 is 2.96 bits per heavy atom. The molecule has 3 aliphatic rings. The van der Waals surface area contributed by atoms with Crippen LogP contribution in [0.1, 0.15) is 54.9 Å². The van der Waals surface area contributed by atoms with E-state index in [-0.39, 0.29) is 0 Å². The molecule has 1 aliphatic heterocycles. The zero-order valence-corrected chi connectivity index (χ0v) is 13.9. The fourth-order valence-electron chi connectivity index (χ4n) is 3.23. The Morgan fingerprint density at radius 1 is 1.46 bits per heavy atom. The summed E-state index contributed by atoms with van der Waals surface area (Å²) in [7, 11) is 0. The third kappa shape index (κ3) is 2.52. The van der Waals surface area contributed by atoms with Gasteiger partial charge >= 0.3 is 5.91 Å². The predicted octanol–water partition coefficient (Wildman–Crippen LogP) is 2.46. The molecule has 0 aromatic carbocycles. The third-order valence-electron chi connectivity index (χ3n) is 4.35. The molecular weight excluding hydrogens is 308 g/mol. The molecule has 2 heterocycles. The molecule has 1 fully saturated rings. The lowest BCUT2D eigenvalue weighted by molar-refractivity contribution is 0.00949. The number of nitrogens with one attached hydrogen (secondary N) is 1. The number of hydrogen-bond donors (Lipinski definition) is 2. The topological polar surface area (TPSA) is 95.1 Å². The Kier molecular flexibility index (Phi) is 3.14. The van der Waals surface area contributed by atoms with Gasteiger partial charge in [0, 0.05) is 23.9 Å². The predicted molar refractivity (Wildman–Crippen MR) is 85.9 cm³/mol. The maximum absolute atomic E-state index is 12.5. The summed E-state index contributed by atoms with van der Waals surface area (Å²) >= 11 is 0. The van der Waals surface area contributed by atoms with Crippen LogP contribution in [0.2, 0.25) is 0 Å². The average Bonchev–Trinajstić information content (AvgIpc) is 3.01. The van der Waals surface area contributed by atoms with E-state index in [1.165, 1.54) is 12.4 Å². The molecule has 126 valence electrons. The zero-order chi connectivity index (χ0) is 17.1. The fraction of sp³-hybridized carbons (Fsp3) is 0.500. The summed E-state index contributed by atoms with van der Waals surface area (Å²) in [5.41, 5.74) is 1.98. The van der Waals surface area contributed by atoms with Gasteiger partial charge in [-0.1, -0.05) is 0 Å². The van der Waals surface area contributed by atoms with E-state index in [0.29, 0.717) is 23.4 Å². The van der Waals surface area contributed by atoms with Crippen molar-refractivity contribution in [1.82, 2.24) is 20.2 Å². The van der Waals surface area contributed by atoms with E-state index in [9.17, 15) is 10.0 Å². The smallest absolute Gasteiger partial charge is 0.315 e. The van der Waals surface area contributed by atoms with Crippen LogP contribution in [0.3, 0.4) is 0 Å². The Balaban J connectivity index is 1.73. The largest absolute Gasteiger partial charge is 0.344 e. The van der Waals surface area contributed by atoms with Crippen molar-refractivity contribution in [2.24, 2.45) is 16.1 Å². The van der Waals surface area contributed by atoms with E-state index in [2.05, 4.69) is 20.6 Å². The van der Waals surface area contributed by atoms with Crippen molar-refractivity contribution in [1.29, 1.82) is 0 Å². The summed E-state index contributed by atoms with van der Waals surface area (Å²) in [6, 6.07) is 0. The second-order valence-electron chi connectivity index (χ2n) is 7.46. The first-order chi connectivity index (χ1) is 11.3. The highest BCUT2D eigenvalue weighted by Crippen LogP contribution is 2.57. The van der Waals surface area contributed by atoms with Crippen molar-refractivity contribution in [2.45, 2.75) is 45.1 Å². The van der Waals surface area contributed by atoms with Crippen molar-refractivity contribution in [3.63, 3.8) is 0 Å². The highest BCUT2D eigenvalue weighted by atomic mass is 16.5. The average molecular weight is 328 g/mol. The second kappa shape index (κ2) is 5.01. The molecule has 24 heavy (non-hydrogen) atoms. The van der Waals surface area contributed by atoms with Gasteiger partial charge in [-0.3, -0.25) is 10.0 Å². The first kappa shape index (κ1) is 15.1. The van der Waals surface area contributed by atoms with Gasteiger partial charge in [0.2, 0.25) is 0 Å². The van der Waals surface area contributed by atoms with Gasteiger partial charge in [-0.15, -0.1) is 5.11 Å². The molecule has 0 bridgehead atoms. The molecule has 1 aromatic heterocycles. The number of hydroxylamine groups is 2. The summed E-state index contributed by atoms with van der Waals surface area (Å²) < 4.78 is 1.72. The number of aromatic nitrogens is 2. The van der Waals surface area contributed by atoms with Crippen molar-refractivity contribution >= 4 is 11.7 Å². The van der Waals surface area contributed by atoms with E-state index in [1.54, 1.807) is 10.9 Å². The van der Waals surface area contributed by atoms with Crippen molar-refractivity contribution < 1.29 is 10.0 Å². The van der Waals surface area contributed by atoms with Gasteiger partial charge in [-0.25, -0.2) is 9.75 Å². The minimum atomic E-state index is -0.408. The summed E-state index contributed by atoms with van der Waals surface area (Å²) in [5, 5.41) is 26.1. The van der Waals surface area contributed by atoms with Crippen LogP contribution in [0.25, 0.3) is 5.82 Å². The maximum atomic E-state index is 12.5. The quantitative estimate of drug-likeness (QED) is 0.813. The zero-order valence-electron chi connectivity index (χ0n) is 13.9. The van der Waals surface area contributed by atoms with Crippen LogP contribution in [-0.2, 0) is 6.42 Å². The van der Waals surface area contributed by atoms with Crippen LogP contribution >= 0.6 is 0 Å². The lowest BCUT2D eigenvalue weighted by atomic mass is 10.1. The van der Waals surface area contributed by atoms with Crippen LogP contribution in [0, 0.1) is 5.92 Å². The summed E-state index contributed by atoms with van der Waals surface area (Å²) in [5.74, 6) is 1.24. The van der Waals surface area contributed by atoms with E-state index in [4.69, 9.17) is 0 Å². The monoisotopic (exact) mass is 328 g/mol. The highest BCUT2D eigenvalue weighted by Gasteiger charge is 2.50. The first-order valence-electron chi connectivity index (χ1n) is 8.05. The second-order valence-corrected chi connectivity index (χ2v) is 7.46. The molecule has 1 saturated carbocycles. The van der Waals surface area contributed by atoms with E-state index in [0.717, 1.165) is 29.2 Å². The van der Waals surface area contributed by atoms with Crippen molar-refractivity contribution in [2.75, 3.05) is 0 Å². The normalized spacial score (nSPS) is 24.7. The number of amides is 1. The van der Waals surface area contributed by atoms with E-state index < -0.39 is 11.4 Å². The number of nitrogens with zero attached hydrogens (tertiary/aromatic N) is 5. The van der Waals surface area contributed by atoms with Crippen LogP contribution in [0.5, 0.6) is 0 Å². The molecule has 0 radical (unpaired) electrons. The number of rotatable bonds is 2. The number of carbonyl (C=O) groups is 1. The molecule has 1 amide bonds. The van der Waals surface area contributed by atoms with Gasteiger partial charge in [0.1, 0.15) is 0 Å². The van der Waals surface area contributed by atoms with Gasteiger partial charge in [0.15, 0.2) is 11.5 Å². The van der Waals surface area contributed by atoms with Crippen LogP contribution < -0.4 is 5.32 Å². The standard InChI is InChI=1S/C16H20N6O2/c1-16(2,3)20-18-15(23)13-11-7-9-6-10(9)14(11)22(19-13)12-8-21(24)5-4-17-12/h4-5,8-10,17,24H,6-7H2,1-3H3/t9-,10-/m1/s1. The Hall–Kier alpha value is -2.48. The SMILES string of the molecule is CC(C)(C)N=NC(=O)c1nn(C2=CN(O)C=CN2)c2c1C[C@H]1C[C@@H]21. The molecule has 0 unspecified atom stereocenters. The number of hydrogen-bond acceptors (Lipinski definition) is 6.